The highest BCUT2D eigenvalue weighted by Crippen LogP contribution is 2.34. The van der Waals surface area contributed by atoms with Crippen molar-refractivity contribution in [1.82, 2.24) is 25.3 Å². The van der Waals surface area contributed by atoms with Crippen LogP contribution in [-0.2, 0) is 6.54 Å². The number of rotatable bonds is 6. The lowest BCUT2D eigenvalue weighted by Crippen LogP contribution is -2.23. The van der Waals surface area contributed by atoms with E-state index in [1.165, 1.54) is 0 Å². The Kier molecular flexibility index (Phi) is 5.42. The van der Waals surface area contributed by atoms with Crippen LogP contribution in [0.5, 0.6) is 0 Å². The predicted molar refractivity (Wildman–Crippen MR) is 95.8 cm³/mol. The van der Waals surface area contributed by atoms with Crippen molar-refractivity contribution in [2.75, 3.05) is 13.1 Å². The number of aromatic amines is 1. The number of nitrogens with two attached hydrogens (primary N) is 1. The Morgan fingerprint density at radius 2 is 2.04 bits per heavy atom. The molecule has 1 aromatic carbocycles. The molecular formula is C16H16Cl2N6. The first kappa shape index (κ1) is 16.9. The van der Waals surface area contributed by atoms with Gasteiger partial charge in [-0.1, -0.05) is 23.2 Å². The zero-order valence-electron chi connectivity index (χ0n) is 12.8. The molecule has 0 unspecified atom stereocenters. The fourth-order valence-corrected chi connectivity index (χ4v) is 2.79. The minimum Gasteiger partial charge on any atom is -0.345 e. The monoisotopic (exact) mass is 362 g/mol. The largest absolute Gasteiger partial charge is 0.345 e. The highest BCUT2D eigenvalue weighted by molar-refractivity contribution is 6.36. The molecule has 8 heteroatoms. The second-order valence-corrected chi connectivity index (χ2v) is 5.95. The highest BCUT2D eigenvalue weighted by Gasteiger charge is 2.15. The van der Waals surface area contributed by atoms with Crippen molar-refractivity contribution in [3.05, 3.63) is 52.8 Å². The van der Waals surface area contributed by atoms with Gasteiger partial charge in [-0.05, 0) is 18.2 Å². The van der Waals surface area contributed by atoms with Crippen LogP contribution < -0.4 is 11.1 Å². The minimum atomic E-state index is 0.526. The second-order valence-electron chi connectivity index (χ2n) is 5.10. The van der Waals surface area contributed by atoms with E-state index < -0.39 is 0 Å². The van der Waals surface area contributed by atoms with E-state index in [1.807, 2.05) is 6.07 Å². The third-order valence-electron chi connectivity index (χ3n) is 3.42. The van der Waals surface area contributed by atoms with Crippen molar-refractivity contribution in [1.29, 1.82) is 0 Å². The number of hydrogen-bond acceptors (Lipinski definition) is 5. The van der Waals surface area contributed by atoms with Gasteiger partial charge in [-0.25, -0.2) is 15.0 Å². The molecule has 0 saturated heterocycles. The van der Waals surface area contributed by atoms with Crippen molar-refractivity contribution in [3.8, 4) is 22.5 Å². The van der Waals surface area contributed by atoms with Gasteiger partial charge in [-0.15, -0.1) is 0 Å². The minimum absolute atomic E-state index is 0.526. The number of benzene rings is 1. The van der Waals surface area contributed by atoms with Crippen LogP contribution in [0.25, 0.3) is 22.5 Å². The molecule has 0 fully saturated rings. The summed E-state index contributed by atoms with van der Waals surface area (Å²) in [6.45, 7) is 1.78. The molecule has 0 radical (unpaired) electrons. The lowest BCUT2D eigenvalue weighted by atomic mass is 10.1. The smallest absolute Gasteiger partial charge is 0.142 e. The molecule has 0 bridgehead atoms. The molecule has 0 aliphatic carbocycles. The van der Waals surface area contributed by atoms with Crippen molar-refractivity contribution >= 4 is 23.2 Å². The number of nitrogens with one attached hydrogen (secondary N) is 2. The third-order valence-corrected chi connectivity index (χ3v) is 3.97. The van der Waals surface area contributed by atoms with Crippen LogP contribution >= 0.6 is 23.2 Å². The number of imidazole rings is 1. The molecule has 0 spiro atoms. The Bertz CT molecular complexity index is 819. The second kappa shape index (κ2) is 7.72. The molecule has 124 valence electrons. The average molecular weight is 363 g/mol. The molecule has 0 amide bonds. The summed E-state index contributed by atoms with van der Waals surface area (Å²) < 4.78 is 0. The Balaban J connectivity index is 2.07. The fourth-order valence-electron chi connectivity index (χ4n) is 2.29. The summed E-state index contributed by atoms with van der Waals surface area (Å²) in [6.07, 6.45) is 5.10. The lowest BCUT2D eigenvalue weighted by molar-refractivity contribution is 0.667. The van der Waals surface area contributed by atoms with Gasteiger partial charge in [0.1, 0.15) is 5.82 Å². The molecule has 0 saturated carbocycles. The van der Waals surface area contributed by atoms with Crippen LogP contribution in [-0.4, -0.2) is 33.0 Å². The Morgan fingerprint density at radius 3 is 2.75 bits per heavy atom. The summed E-state index contributed by atoms with van der Waals surface area (Å²) in [5, 5.41) is 4.29. The Morgan fingerprint density at radius 1 is 1.17 bits per heavy atom. The van der Waals surface area contributed by atoms with Crippen LogP contribution in [0.3, 0.4) is 0 Å². The maximum atomic E-state index is 6.37. The molecule has 2 aromatic heterocycles. The zero-order valence-corrected chi connectivity index (χ0v) is 14.3. The predicted octanol–water partition coefficient (Wildman–Crippen LogP) is 2.89. The summed E-state index contributed by atoms with van der Waals surface area (Å²) in [5.74, 6) is 0.660. The molecule has 0 aliphatic rings. The number of H-pyrrole nitrogens is 1. The maximum Gasteiger partial charge on any atom is 0.142 e. The van der Waals surface area contributed by atoms with Gasteiger partial charge in [0.2, 0.25) is 0 Å². The van der Waals surface area contributed by atoms with E-state index in [0.29, 0.717) is 35.5 Å². The van der Waals surface area contributed by atoms with E-state index in [9.17, 15) is 0 Å². The van der Waals surface area contributed by atoms with Gasteiger partial charge < -0.3 is 16.0 Å². The molecule has 0 atom stereocenters. The first-order valence-corrected chi connectivity index (χ1v) is 8.15. The zero-order chi connectivity index (χ0) is 16.9. The molecule has 3 rings (SSSR count). The van der Waals surface area contributed by atoms with E-state index in [1.54, 1.807) is 30.9 Å². The normalized spacial score (nSPS) is 11.0. The van der Waals surface area contributed by atoms with Crippen molar-refractivity contribution in [3.63, 3.8) is 0 Å². The Labute approximate surface area is 149 Å². The van der Waals surface area contributed by atoms with Gasteiger partial charge >= 0.3 is 0 Å². The number of nitrogens with zero attached hydrogens (tertiary/aromatic N) is 3. The molecule has 0 aliphatic heterocycles. The first-order chi connectivity index (χ1) is 11.7. The SMILES string of the molecule is NCCNCc1ncc(-c2cnc[nH]2)c(-c2ccc(Cl)cc2Cl)n1. The summed E-state index contributed by atoms with van der Waals surface area (Å²) >= 11 is 12.4. The lowest BCUT2D eigenvalue weighted by Gasteiger charge is -2.11. The number of hydrogen-bond donors (Lipinski definition) is 3. The summed E-state index contributed by atoms with van der Waals surface area (Å²) in [4.78, 5) is 16.2. The van der Waals surface area contributed by atoms with Crippen LogP contribution in [0.1, 0.15) is 5.82 Å². The average Bonchev–Trinajstić information content (AvgIpc) is 3.09. The van der Waals surface area contributed by atoms with Gasteiger partial charge in [-0.2, -0.15) is 0 Å². The topological polar surface area (TPSA) is 92.5 Å². The molecule has 3 aromatic rings. The molecular weight excluding hydrogens is 347 g/mol. The molecule has 6 nitrogen and oxygen atoms in total. The third kappa shape index (κ3) is 3.73. The first-order valence-electron chi connectivity index (χ1n) is 7.40. The number of aromatic nitrogens is 4. The van der Waals surface area contributed by atoms with Gasteiger partial charge in [0.05, 0.1) is 35.5 Å². The molecule has 2 heterocycles. The van der Waals surface area contributed by atoms with Gasteiger partial charge in [-0.3, -0.25) is 0 Å². The van der Waals surface area contributed by atoms with Crippen LogP contribution in [0.15, 0.2) is 36.9 Å². The quantitative estimate of drug-likeness (QED) is 0.586. The number of halogens is 2. The van der Waals surface area contributed by atoms with E-state index in [0.717, 1.165) is 22.5 Å². The summed E-state index contributed by atoms with van der Waals surface area (Å²) in [5.41, 5.74) is 8.64. The van der Waals surface area contributed by atoms with Crippen LogP contribution in [0.2, 0.25) is 10.0 Å². The van der Waals surface area contributed by atoms with Crippen molar-refractivity contribution in [2.24, 2.45) is 5.73 Å². The van der Waals surface area contributed by atoms with E-state index in [2.05, 4.69) is 25.3 Å². The molecule has 4 N–H and O–H groups in total. The van der Waals surface area contributed by atoms with Crippen LogP contribution in [0.4, 0.5) is 0 Å². The van der Waals surface area contributed by atoms with Crippen molar-refractivity contribution < 1.29 is 0 Å². The van der Waals surface area contributed by atoms with Crippen molar-refractivity contribution in [2.45, 2.75) is 6.54 Å². The van der Waals surface area contributed by atoms with Crippen LogP contribution in [0, 0.1) is 0 Å². The standard InChI is InChI=1S/C16H16Cl2N6/c17-10-1-2-11(13(18)5-10)16-12(14-7-21-9-23-14)6-22-15(24-16)8-20-4-3-19/h1-2,5-7,9,20H,3-4,8,19H2,(H,21,23). The maximum absolute atomic E-state index is 6.37. The Hall–Kier alpha value is -1.99. The summed E-state index contributed by atoms with van der Waals surface area (Å²) in [6, 6.07) is 5.33. The van der Waals surface area contributed by atoms with E-state index >= 15 is 0 Å². The van der Waals surface area contributed by atoms with E-state index in [4.69, 9.17) is 28.9 Å². The van der Waals surface area contributed by atoms with Gasteiger partial charge in [0, 0.05) is 35.4 Å². The fraction of sp³-hybridized carbons (Fsp3) is 0.188. The summed E-state index contributed by atoms with van der Waals surface area (Å²) in [7, 11) is 0. The van der Waals surface area contributed by atoms with Gasteiger partial charge in [0.25, 0.3) is 0 Å². The van der Waals surface area contributed by atoms with Gasteiger partial charge in [0.15, 0.2) is 0 Å². The molecule has 24 heavy (non-hydrogen) atoms. The van der Waals surface area contributed by atoms with E-state index in [-0.39, 0.29) is 0 Å². The highest BCUT2D eigenvalue weighted by atomic mass is 35.5.